The lowest BCUT2D eigenvalue weighted by Crippen LogP contribution is -2.50. The Bertz CT molecular complexity index is 775. The van der Waals surface area contributed by atoms with E-state index in [1.54, 1.807) is 16.3 Å². The van der Waals surface area contributed by atoms with Crippen molar-refractivity contribution in [3.05, 3.63) is 29.3 Å². The van der Waals surface area contributed by atoms with Crippen molar-refractivity contribution >= 4 is 30.4 Å². The molecule has 0 aromatic heterocycles. The van der Waals surface area contributed by atoms with Gasteiger partial charge in [0.05, 0.1) is 8.07 Å². The second kappa shape index (κ2) is 10.9. The Balaban J connectivity index is 2.19. The normalized spacial score (nSPS) is 24.8. The molecule has 1 aromatic carbocycles. The zero-order valence-corrected chi connectivity index (χ0v) is 26.8. The molecular weight excluding hydrogens is 466 g/mol. The Hall–Kier alpha value is 0.217. The highest BCUT2D eigenvalue weighted by atomic mass is 31.1. The molecule has 3 atom stereocenters. The van der Waals surface area contributed by atoms with E-state index in [1.807, 2.05) is 0 Å². The summed E-state index contributed by atoms with van der Waals surface area (Å²) in [6.45, 7) is 27.1. The second-order valence-electron chi connectivity index (χ2n) is 14.1. The number of piperidine rings is 2. The quantitative estimate of drug-likeness (QED) is 0.316. The van der Waals surface area contributed by atoms with Gasteiger partial charge in [-0.2, -0.15) is 0 Å². The molecule has 0 amide bonds. The van der Waals surface area contributed by atoms with E-state index in [-0.39, 0.29) is 13.1 Å². The zero-order chi connectivity index (χ0) is 25.4. The molecule has 0 spiro atoms. The molecule has 2 aliphatic heterocycles. The minimum atomic E-state index is -1.41. The van der Waals surface area contributed by atoms with Gasteiger partial charge in [-0.05, 0) is 91.3 Å². The highest BCUT2D eigenvalue weighted by Gasteiger charge is 2.46. The number of nitrogens with one attached hydrogen (secondary N) is 2. The van der Waals surface area contributed by atoms with E-state index in [9.17, 15) is 0 Å². The third-order valence-electron chi connectivity index (χ3n) is 8.34. The lowest BCUT2D eigenvalue weighted by atomic mass is 9.69. The summed E-state index contributed by atoms with van der Waals surface area (Å²) in [5.41, 5.74) is 3.32. The van der Waals surface area contributed by atoms with Crippen molar-refractivity contribution in [3.63, 3.8) is 0 Å². The first-order chi connectivity index (χ1) is 15.6. The third-order valence-corrected chi connectivity index (χ3v) is 15.5. The van der Waals surface area contributed by atoms with E-state index in [4.69, 9.17) is 0 Å². The second-order valence-corrected chi connectivity index (χ2v) is 24.0. The van der Waals surface area contributed by atoms with E-state index >= 15 is 0 Å². The van der Waals surface area contributed by atoms with Gasteiger partial charge in [0.1, 0.15) is 0 Å². The van der Waals surface area contributed by atoms with Gasteiger partial charge in [-0.3, -0.25) is 0 Å². The SMILES string of the molecule is CC(C)(C)P(Cc1ccc([Si](C)(C)C)cc1C(P)(C1CCCNC1)C1CCCNC1)C(C)(C)C. The van der Waals surface area contributed by atoms with Gasteiger partial charge < -0.3 is 10.6 Å². The van der Waals surface area contributed by atoms with Crippen LogP contribution in [0.25, 0.3) is 0 Å². The van der Waals surface area contributed by atoms with E-state index < -0.39 is 8.07 Å². The van der Waals surface area contributed by atoms with Crippen LogP contribution in [-0.4, -0.2) is 44.6 Å². The van der Waals surface area contributed by atoms with E-state index in [0.29, 0.717) is 22.1 Å². The maximum Gasteiger partial charge on any atom is 0.0776 e. The first kappa shape index (κ1) is 28.8. The van der Waals surface area contributed by atoms with Crippen molar-refractivity contribution in [1.82, 2.24) is 10.6 Å². The van der Waals surface area contributed by atoms with Crippen molar-refractivity contribution < 1.29 is 0 Å². The number of benzene rings is 1. The van der Waals surface area contributed by atoms with Gasteiger partial charge in [0.15, 0.2) is 0 Å². The van der Waals surface area contributed by atoms with Crippen LogP contribution in [0.2, 0.25) is 19.6 Å². The van der Waals surface area contributed by atoms with Crippen LogP contribution in [0.3, 0.4) is 0 Å². The van der Waals surface area contributed by atoms with E-state index in [0.717, 1.165) is 13.1 Å². The van der Waals surface area contributed by atoms with Crippen molar-refractivity contribution in [2.45, 2.75) is 108 Å². The molecule has 2 saturated heterocycles. The first-order valence-corrected chi connectivity index (χ1v) is 19.4. The predicted molar refractivity (Wildman–Crippen MR) is 162 cm³/mol. The number of rotatable bonds is 6. The number of hydrogen-bond donors (Lipinski definition) is 2. The van der Waals surface area contributed by atoms with E-state index in [1.165, 1.54) is 44.9 Å². The van der Waals surface area contributed by atoms with Gasteiger partial charge in [-0.15, -0.1) is 9.24 Å². The molecule has 0 radical (unpaired) electrons. The maximum absolute atomic E-state index is 3.78. The molecule has 2 fully saturated rings. The summed E-state index contributed by atoms with van der Waals surface area (Å²) in [6, 6.07) is 7.78. The van der Waals surface area contributed by atoms with Crippen molar-refractivity contribution in [1.29, 1.82) is 0 Å². The van der Waals surface area contributed by atoms with Gasteiger partial charge in [0.2, 0.25) is 0 Å². The molecular formula is C29H54N2P2Si. The average molecular weight is 521 g/mol. The molecule has 0 saturated carbocycles. The average Bonchev–Trinajstić information content (AvgIpc) is 2.76. The zero-order valence-electron chi connectivity index (χ0n) is 23.8. The Labute approximate surface area is 216 Å². The van der Waals surface area contributed by atoms with Crippen molar-refractivity contribution in [2.24, 2.45) is 11.8 Å². The molecule has 0 bridgehead atoms. The lowest BCUT2D eigenvalue weighted by Gasteiger charge is -2.49. The molecule has 5 heteroatoms. The minimum Gasteiger partial charge on any atom is -0.316 e. The molecule has 2 N–H and O–H groups in total. The molecule has 2 aliphatic rings. The Morgan fingerprint density at radius 1 is 0.882 bits per heavy atom. The summed E-state index contributed by atoms with van der Waals surface area (Å²) in [5.74, 6) is 1.37. The summed E-state index contributed by atoms with van der Waals surface area (Å²) in [4.78, 5) is 0. The van der Waals surface area contributed by atoms with Gasteiger partial charge in [0.25, 0.3) is 0 Å². The topological polar surface area (TPSA) is 24.1 Å². The standard InChI is InChI=1S/C29H54N2P2Si/c1-27(2,3)33(28(4,5)6)21-22-14-15-25(34(7,8)9)18-26(22)29(32,23-12-10-16-30-19-23)24-13-11-17-31-20-24/h14-15,18,23-24,30-31H,10-13,16-17,19-21,32H2,1-9H3. The molecule has 2 nitrogen and oxygen atoms in total. The Morgan fingerprint density at radius 2 is 1.38 bits per heavy atom. The molecule has 0 aliphatic carbocycles. The largest absolute Gasteiger partial charge is 0.316 e. The molecule has 3 rings (SSSR count). The van der Waals surface area contributed by atoms with Gasteiger partial charge in [0, 0.05) is 5.16 Å². The van der Waals surface area contributed by atoms with Gasteiger partial charge in [-0.1, -0.05) is 92.5 Å². The summed E-state index contributed by atoms with van der Waals surface area (Å²) in [6.07, 6.45) is 6.54. The molecule has 2 heterocycles. The summed E-state index contributed by atoms with van der Waals surface area (Å²) < 4.78 is 0. The Kier molecular flexibility index (Phi) is 9.24. The fourth-order valence-electron chi connectivity index (χ4n) is 6.53. The molecule has 194 valence electrons. The third kappa shape index (κ3) is 6.55. The van der Waals surface area contributed by atoms with Crippen LogP contribution in [0.5, 0.6) is 0 Å². The fourth-order valence-corrected chi connectivity index (χ4v) is 12.1. The highest BCUT2D eigenvalue weighted by Crippen LogP contribution is 2.62. The monoisotopic (exact) mass is 520 g/mol. The van der Waals surface area contributed by atoms with Crippen molar-refractivity contribution in [2.75, 3.05) is 26.2 Å². The van der Waals surface area contributed by atoms with Crippen LogP contribution in [0.4, 0.5) is 0 Å². The first-order valence-electron chi connectivity index (χ1n) is 13.8. The smallest absolute Gasteiger partial charge is 0.0776 e. The maximum atomic E-state index is 3.78. The molecule has 1 aromatic rings. The minimum absolute atomic E-state index is 0.141. The lowest BCUT2D eigenvalue weighted by molar-refractivity contribution is 0.193. The summed E-state index contributed by atoms with van der Waals surface area (Å²) in [5, 5.41) is 10.0. The fraction of sp³-hybridized carbons (Fsp3) is 0.793. The molecule has 34 heavy (non-hydrogen) atoms. The molecule has 3 unspecified atom stereocenters. The van der Waals surface area contributed by atoms with Gasteiger partial charge >= 0.3 is 0 Å². The van der Waals surface area contributed by atoms with Gasteiger partial charge in [-0.25, -0.2) is 0 Å². The Morgan fingerprint density at radius 3 is 1.76 bits per heavy atom. The van der Waals surface area contributed by atoms with Crippen LogP contribution in [0, 0.1) is 11.8 Å². The predicted octanol–water partition coefficient (Wildman–Crippen LogP) is 6.88. The van der Waals surface area contributed by atoms with Crippen LogP contribution in [0.1, 0.15) is 78.4 Å². The van der Waals surface area contributed by atoms with Crippen LogP contribution in [-0.2, 0) is 11.3 Å². The number of hydrogen-bond acceptors (Lipinski definition) is 2. The van der Waals surface area contributed by atoms with Crippen LogP contribution in [0.15, 0.2) is 18.2 Å². The summed E-state index contributed by atoms with van der Waals surface area (Å²) in [7, 11) is 1.93. The highest BCUT2D eigenvalue weighted by molar-refractivity contribution is 7.60. The summed E-state index contributed by atoms with van der Waals surface area (Å²) >= 11 is 0. The van der Waals surface area contributed by atoms with E-state index in [2.05, 4.69) is 99.3 Å². The van der Waals surface area contributed by atoms with Crippen molar-refractivity contribution in [3.8, 4) is 0 Å². The van der Waals surface area contributed by atoms with Crippen LogP contribution >= 0.6 is 17.2 Å². The van der Waals surface area contributed by atoms with Crippen LogP contribution < -0.4 is 15.8 Å².